The van der Waals surface area contributed by atoms with Gasteiger partial charge < -0.3 is 0 Å². The SMILES string of the molecule is Cc1ccc(Cl)cc1C(=O)CC1CCC1. The van der Waals surface area contributed by atoms with Crippen molar-refractivity contribution in [2.45, 2.75) is 32.6 Å². The number of halogens is 1. The van der Waals surface area contributed by atoms with Gasteiger partial charge in [0, 0.05) is 17.0 Å². The van der Waals surface area contributed by atoms with Gasteiger partial charge in [-0.1, -0.05) is 36.9 Å². The molecule has 0 heterocycles. The van der Waals surface area contributed by atoms with E-state index < -0.39 is 0 Å². The van der Waals surface area contributed by atoms with Gasteiger partial charge in [0.2, 0.25) is 0 Å². The average Bonchev–Trinajstić information content (AvgIpc) is 2.15. The molecule has 80 valence electrons. The Morgan fingerprint density at radius 2 is 2.20 bits per heavy atom. The van der Waals surface area contributed by atoms with Crippen molar-refractivity contribution in [1.82, 2.24) is 0 Å². The highest BCUT2D eigenvalue weighted by Gasteiger charge is 2.22. The Kier molecular flexibility index (Phi) is 3.11. The van der Waals surface area contributed by atoms with Crippen LogP contribution in [0, 0.1) is 12.8 Å². The largest absolute Gasteiger partial charge is 0.294 e. The maximum atomic E-state index is 12.0. The zero-order valence-corrected chi connectivity index (χ0v) is 9.68. The average molecular weight is 223 g/mol. The second-order valence-corrected chi connectivity index (χ2v) is 4.82. The lowest BCUT2D eigenvalue weighted by Gasteiger charge is -2.24. The Labute approximate surface area is 95.4 Å². The van der Waals surface area contributed by atoms with Gasteiger partial charge in [-0.25, -0.2) is 0 Å². The molecule has 0 spiro atoms. The normalized spacial score (nSPS) is 16.1. The van der Waals surface area contributed by atoms with Gasteiger partial charge in [0.15, 0.2) is 5.78 Å². The van der Waals surface area contributed by atoms with E-state index >= 15 is 0 Å². The van der Waals surface area contributed by atoms with Gasteiger partial charge in [-0.15, -0.1) is 0 Å². The minimum Gasteiger partial charge on any atom is -0.294 e. The van der Waals surface area contributed by atoms with Gasteiger partial charge in [-0.05, 0) is 30.5 Å². The second-order valence-electron chi connectivity index (χ2n) is 4.38. The summed E-state index contributed by atoms with van der Waals surface area (Å²) in [6.45, 7) is 1.96. The molecule has 1 saturated carbocycles. The molecule has 0 radical (unpaired) electrons. The summed E-state index contributed by atoms with van der Waals surface area (Å²) in [4.78, 5) is 12.0. The molecular weight excluding hydrogens is 208 g/mol. The van der Waals surface area contributed by atoms with Gasteiger partial charge in [-0.3, -0.25) is 4.79 Å². The summed E-state index contributed by atoms with van der Waals surface area (Å²) < 4.78 is 0. The minimum absolute atomic E-state index is 0.250. The molecular formula is C13H15ClO. The van der Waals surface area contributed by atoms with E-state index in [9.17, 15) is 4.79 Å². The van der Waals surface area contributed by atoms with Crippen LogP contribution >= 0.6 is 11.6 Å². The zero-order chi connectivity index (χ0) is 10.8. The van der Waals surface area contributed by atoms with E-state index in [4.69, 9.17) is 11.6 Å². The van der Waals surface area contributed by atoms with Crippen molar-refractivity contribution in [1.29, 1.82) is 0 Å². The van der Waals surface area contributed by atoms with Crippen molar-refractivity contribution in [3.8, 4) is 0 Å². The highest BCUT2D eigenvalue weighted by molar-refractivity contribution is 6.31. The van der Waals surface area contributed by atoms with E-state index in [2.05, 4.69) is 0 Å². The molecule has 1 fully saturated rings. The summed E-state index contributed by atoms with van der Waals surface area (Å²) in [7, 11) is 0. The zero-order valence-electron chi connectivity index (χ0n) is 8.92. The first kappa shape index (κ1) is 10.7. The van der Waals surface area contributed by atoms with E-state index in [0.717, 1.165) is 11.1 Å². The number of benzene rings is 1. The highest BCUT2D eigenvalue weighted by Crippen LogP contribution is 2.31. The second kappa shape index (κ2) is 4.36. The van der Waals surface area contributed by atoms with Gasteiger partial charge in [0.25, 0.3) is 0 Å². The highest BCUT2D eigenvalue weighted by atomic mass is 35.5. The molecule has 0 N–H and O–H groups in total. The topological polar surface area (TPSA) is 17.1 Å². The smallest absolute Gasteiger partial charge is 0.163 e. The van der Waals surface area contributed by atoms with Crippen molar-refractivity contribution in [3.63, 3.8) is 0 Å². The molecule has 0 amide bonds. The summed E-state index contributed by atoms with van der Waals surface area (Å²) in [6.07, 6.45) is 4.41. The van der Waals surface area contributed by atoms with Gasteiger partial charge >= 0.3 is 0 Å². The molecule has 2 heteroatoms. The van der Waals surface area contributed by atoms with Crippen LogP contribution in [0.4, 0.5) is 0 Å². The van der Waals surface area contributed by atoms with E-state index in [1.807, 2.05) is 19.1 Å². The molecule has 0 bridgehead atoms. The Bertz CT molecular complexity index is 380. The number of Topliss-reactive ketones (excluding diaryl/α,β-unsaturated/α-hetero) is 1. The summed E-state index contributed by atoms with van der Waals surface area (Å²) in [5.74, 6) is 0.871. The number of hydrogen-bond acceptors (Lipinski definition) is 1. The van der Waals surface area contributed by atoms with Crippen LogP contribution in [0.1, 0.15) is 41.6 Å². The van der Waals surface area contributed by atoms with E-state index in [1.165, 1.54) is 19.3 Å². The fourth-order valence-electron chi connectivity index (χ4n) is 1.96. The molecule has 0 aliphatic heterocycles. The lowest BCUT2D eigenvalue weighted by molar-refractivity contribution is 0.0936. The van der Waals surface area contributed by atoms with Gasteiger partial charge in [0.05, 0.1) is 0 Å². The van der Waals surface area contributed by atoms with Crippen molar-refractivity contribution < 1.29 is 4.79 Å². The molecule has 0 aromatic heterocycles. The summed E-state index contributed by atoms with van der Waals surface area (Å²) in [5, 5.41) is 0.651. The summed E-state index contributed by atoms with van der Waals surface area (Å²) in [6, 6.07) is 5.53. The molecule has 0 unspecified atom stereocenters. The van der Waals surface area contributed by atoms with E-state index in [0.29, 0.717) is 17.4 Å². The van der Waals surface area contributed by atoms with Crippen molar-refractivity contribution in [2.75, 3.05) is 0 Å². The number of ketones is 1. The lowest BCUT2D eigenvalue weighted by Crippen LogP contribution is -2.16. The van der Waals surface area contributed by atoms with Crippen molar-refractivity contribution in [3.05, 3.63) is 34.3 Å². The number of carbonyl (C=O) groups is 1. The Hall–Kier alpha value is -0.820. The van der Waals surface area contributed by atoms with Crippen molar-refractivity contribution in [2.24, 2.45) is 5.92 Å². The molecule has 1 aromatic carbocycles. The van der Waals surface area contributed by atoms with Crippen LogP contribution in [0.2, 0.25) is 5.02 Å². The fourth-order valence-corrected chi connectivity index (χ4v) is 2.14. The Balaban J connectivity index is 2.12. The number of rotatable bonds is 3. The first-order valence-electron chi connectivity index (χ1n) is 5.46. The third kappa shape index (κ3) is 2.40. The molecule has 1 aliphatic rings. The molecule has 0 saturated heterocycles. The predicted molar refractivity (Wildman–Crippen MR) is 62.5 cm³/mol. The number of aryl methyl sites for hydroxylation is 1. The Morgan fingerprint density at radius 3 is 2.80 bits per heavy atom. The first-order chi connectivity index (χ1) is 7.16. The monoisotopic (exact) mass is 222 g/mol. The van der Waals surface area contributed by atoms with Crippen LogP contribution in [-0.2, 0) is 0 Å². The van der Waals surface area contributed by atoms with Gasteiger partial charge in [0.1, 0.15) is 0 Å². The Morgan fingerprint density at radius 1 is 1.47 bits per heavy atom. The maximum absolute atomic E-state index is 12.0. The first-order valence-corrected chi connectivity index (χ1v) is 5.84. The summed E-state index contributed by atoms with van der Waals surface area (Å²) >= 11 is 5.89. The number of carbonyl (C=O) groups excluding carboxylic acids is 1. The van der Waals surface area contributed by atoms with Crippen LogP contribution < -0.4 is 0 Å². The fraction of sp³-hybridized carbons (Fsp3) is 0.462. The molecule has 1 aliphatic carbocycles. The molecule has 1 aromatic rings. The minimum atomic E-state index is 0.250. The van der Waals surface area contributed by atoms with E-state index in [-0.39, 0.29) is 5.78 Å². The van der Waals surface area contributed by atoms with Crippen LogP contribution in [0.25, 0.3) is 0 Å². The van der Waals surface area contributed by atoms with Crippen LogP contribution in [-0.4, -0.2) is 5.78 Å². The standard InChI is InChI=1S/C13H15ClO/c1-9-5-6-11(14)8-12(9)13(15)7-10-3-2-4-10/h5-6,8,10H,2-4,7H2,1H3. The van der Waals surface area contributed by atoms with Crippen LogP contribution in [0.5, 0.6) is 0 Å². The van der Waals surface area contributed by atoms with Crippen LogP contribution in [0.3, 0.4) is 0 Å². The quantitative estimate of drug-likeness (QED) is 0.706. The lowest BCUT2D eigenvalue weighted by atomic mass is 9.80. The van der Waals surface area contributed by atoms with Gasteiger partial charge in [-0.2, -0.15) is 0 Å². The predicted octanol–water partition coefficient (Wildman–Crippen LogP) is 4.02. The molecule has 0 atom stereocenters. The van der Waals surface area contributed by atoms with E-state index in [1.54, 1.807) is 6.07 Å². The molecule has 15 heavy (non-hydrogen) atoms. The third-order valence-corrected chi connectivity index (χ3v) is 3.43. The summed E-state index contributed by atoms with van der Waals surface area (Å²) in [5.41, 5.74) is 1.83. The third-order valence-electron chi connectivity index (χ3n) is 3.20. The van der Waals surface area contributed by atoms with Crippen molar-refractivity contribution >= 4 is 17.4 Å². The van der Waals surface area contributed by atoms with Crippen LogP contribution in [0.15, 0.2) is 18.2 Å². The molecule has 1 nitrogen and oxygen atoms in total. The molecule has 2 rings (SSSR count). The number of hydrogen-bond donors (Lipinski definition) is 0. The maximum Gasteiger partial charge on any atom is 0.163 e.